The van der Waals surface area contributed by atoms with E-state index in [1.807, 2.05) is 32.2 Å². The van der Waals surface area contributed by atoms with Crippen molar-refractivity contribution in [1.82, 2.24) is 4.90 Å². The Labute approximate surface area is 288 Å². The number of nitrogens with zero attached hydrogens (tertiary/aromatic N) is 4. The van der Waals surface area contributed by atoms with Crippen LogP contribution in [-0.2, 0) is 16.2 Å². The van der Waals surface area contributed by atoms with Gasteiger partial charge in [0, 0.05) is 48.8 Å². The second kappa shape index (κ2) is 12.9. The number of anilines is 1. The Bertz CT molecular complexity index is 1940. The molecule has 14 nitrogen and oxygen atoms in total. The van der Waals surface area contributed by atoms with Gasteiger partial charge in [-0.15, -0.1) is 0 Å². The van der Waals surface area contributed by atoms with Crippen molar-refractivity contribution in [2.24, 2.45) is 9.98 Å². The topological polar surface area (TPSA) is 190 Å². The summed E-state index contributed by atoms with van der Waals surface area (Å²) in [6.07, 6.45) is 5.72. The third-order valence-electron chi connectivity index (χ3n) is 10.1. The molecule has 7 rings (SSSR count). The van der Waals surface area contributed by atoms with Crippen molar-refractivity contribution in [3.63, 3.8) is 0 Å². The minimum atomic E-state index is -2.35. The average molecular weight is 691 g/mol. The predicted molar refractivity (Wildman–Crippen MR) is 184 cm³/mol. The number of allylic oxidation sites excluding steroid dienone is 2. The number of aryl methyl sites for hydroxylation is 1. The van der Waals surface area contributed by atoms with E-state index in [0.29, 0.717) is 51.7 Å². The number of fused-ring (bicyclic) bond motifs is 4. The summed E-state index contributed by atoms with van der Waals surface area (Å²) in [7, 11) is 0. The Hall–Kier alpha value is -4.15. The molecule has 5 aliphatic heterocycles. The molecular weight excluding hydrogens is 648 g/mol. The molecule has 5 N–H and O–H groups in total. The summed E-state index contributed by atoms with van der Waals surface area (Å²) in [5.74, 6) is 1.01. The Kier molecular flexibility index (Phi) is 8.83. The largest absolute Gasteiger partial charge is 0.482 e. The first kappa shape index (κ1) is 34.3. The zero-order valence-corrected chi connectivity index (χ0v) is 28.3. The second-order valence-corrected chi connectivity index (χ2v) is 13.8. The molecule has 0 bridgehead atoms. The SMILES string of the molecule is CCC1C2=CC=NC2=CN1c1c2c(cc3c(=O)cc(C)oc13)CC(OOCC(O)C(O)(CN1CC=C3N=CC=C31)C(O)C(O)CO)C(C)(C)O2. The summed E-state index contributed by atoms with van der Waals surface area (Å²) < 4.78 is 12.9. The van der Waals surface area contributed by atoms with E-state index in [4.69, 9.17) is 18.9 Å². The number of aliphatic hydroxyl groups is 5. The highest BCUT2D eigenvalue weighted by molar-refractivity contribution is 5.96. The van der Waals surface area contributed by atoms with Gasteiger partial charge in [-0.25, -0.2) is 9.78 Å². The molecule has 6 atom stereocenters. The fraction of sp³-hybridized carbons (Fsp3) is 0.472. The smallest absolute Gasteiger partial charge is 0.193 e. The standard InChI is InChI=1S/C36H42N4O10/c1-5-25-21-6-9-38-24(21)15-40(25)31-32-20(13-22-27(42)12-19(2)48-33(22)31)14-30(35(3,4)49-32)50-47-17-29(44)36(46,34(45)28(43)16-41)18-39-11-8-23-26(39)7-10-37-23/h6-10,12-13,15,25,28-30,34,41,43-46H,5,11,14,16-18H2,1-4H3. The van der Waals surface area contributed by atoms with Crippen molar-refractivity contribution in [3.05, 3.63) is 80.8 Å². The maximum absolute atomic E-state index is 13.3. The molecule has 0 fully saturated rings. The van der Waals surface area contributed by atoms with Gasteiger partial charge in [0.25, 0.3) is 0 Å². The molecule has 0 aliphatic carbocycles. The molecule has 2 aromatic rings. The maximum atomic E-state index is 13.3. The summed E-state index contributed by atoms with van der Waals surface area (Å²) in [6.45, 7) is 6.07. The van der Waals surface area contributed by atoms with Crippen LogP contribution < -0.4 is 15.1 Å². The van der Waals surface area contributed by atoms with Crippen molar-refractivity contribution in [1.29, 1.82) is 0 Å². The average Bonchev–Trinajstić information content (AvgIpc) is 3.87. The van der Waals surface area contributed by atoms with Crippen LogP contribution in [0.5, 0.6) is 5.75 Å². The molecule has 6 unspecified atom stereocenters. The van der Waals surface area contributed by atoms with E-state index in [2.05, 4.69) is 21.8 Å². The molecule has 0 amide bonds. The van der Waals surface area contributed by atoms with Crippen LogP contribution in [0.4, 0.5) is 5.69 Å². The van der Waals surface area contributed by atoms with Crippen molar-refractivity contribution in [2.45, 2.75) is 82.2 Å². The third-order valence-corrected chi connectivity index (χ3v) is 10.1. The molecule has 1 aromatic carbocycles. The Morgan fingerprint density at radius 2 is 1.90 bits per heavy atom. The first-order valence-electron chi connectivity index (χ1n) is 16.8. The van der Waals surface area contributed by atoms with Crippen molar-refractivity contribution in [2.75, 3.05) is 31.2 Å². The van der Waals surface area contributed by atoms with Crippen LogP contribution in [-0.4, -0.2) is 111 Å². The number of β-amino-alcohol motifs (C(OH)–C–C–N with tert-alkyl or cyclic N) is 1. The lowest BCUT2D eigenvalue weighted by atomic mass is 9.86. The van der Waals surface area contributed by atoms with E-state index >= 15 is 0 Å². The van der Waals surface area contributed by atoms with Gasteiger partial charge in [0.2, 0.25) is 0 Å². The zero-order chi connectivity index (χ0) is 35.5. The van der Waals surface area contributed by atoms with Crippen LogP contribution in [0, 0.1) is 6.92 Å². The van der Waals surface area contributed by atoms with Gasteiger partial charge >= 0.3 is 0 Å². The summed E-state index contributed by atoms with van der Waals surface area (Å²) in [5.41, 5.74) is 1.47. The number of rotatable bonds is 12. The molecule has 266 valence electrons. The van der Waals surface area contributed by atoms with Crippen LogP contribution in [0.15, 0.2) is 78.4 Å². The molecule has 0 spiro atoms. The molecular formula is C36H42N4O10. The van der Waals surface area contributed by atoms with E-state index in [1.54, 1.807) is 36.4 Å². The Balaban J connectivity index is 1.15. The van der Waals surface area contributed by atoms with Crippen LogP contribution in [0.3, 0.4) is 0 Å². The number of ether oxygens (including phenoxy) is 1. The van der Waals surface area contributed by atoms with Gasteiger partial charge < -0.3 is 44.5 Å². The lowest BCUT2D eigenvalue weighted by Crippen LogP contribution is -2.63. The van der Waals surface area contributed by atoms with Crippen LogP contribution in [0.25, 0.3) is 11.0 Å². The third kappa shape index (κ3) is 5.70. The molecule has 0 radical (unpaired) electrons. The minimum absolute atomic E-state index is 0.0580. The van der Waals surface area contributed by atoms with E-state index in [-0.39, 0.29) is 24.4 Å². The quantitative estimate of drug-likeness (QED) is 0.160. The van der Waals surface area contributed by atoms with E-state index in [0.717, 1.165) is 17.7 Å². The summed E-state index contributed by atoms with van der Waals surface area (Å²) in [5, 5.41) is 54.0. The Morgan fingerprint density at radius 3 is 2.66 bits per heavy atom. The highest BCUT2D eigenvalue weighted by atomic mass is 17.2. The van der Waals surface area contributed by atoms with E-state index in [9.17, 15) is 30.3 Å². The highest BCUT2D eigenvalue weighted by Gasteiger charge is 2.49. The van der Waals surface area contributed by atoms with Crippen LogP contribution >= 0.6 is 0 Å². The van der Waals surface area contributed by atoms with Gasteiger partial charge in [-0.3, -0.25) is 14.8 Å². The first-order valence-corrected chi connectivity index (χ1v) is 16.8. The fourth-order valence-electron chi connectivity index (χ4n) is 7.28. The number of aliphatic imine (C=N–C) groups is 2. The number of hydrogen-bond acceptors (Lipinski definition) is 14. The van der Waals surface area contributed by atoms with Crippen molar-refractivity contribution >= 4 is 29.1 Å². The maximum Gasteiger partial charge on any atom is 0.193 e. The molecule has 0 saturated carbocycles. The molecule has 1 aromatic heterocycles. The van der Waals surface area contributed by atoms with E-state index < -0.39 is 48.8 Å². The van der Waals surface area contributed by atoms with Gasteiger partial charge in [0.1, 0.15) is 53.7 Å². The molecule has 0 saturated heterocycles. The van der Waals surface area contributed by atoms with Gasteiger partial charge in [0.15, 0.2) is 16.8 Å². The Morgan fingerprint density at radius 1 is 1.14 bits per heavy atom. The van der Waals surface area contributed by atoms with Crippen LogP contribution in [0.1, 0.15) is 38.5 Å². The van der Waals surface area contributed by atoms with Crippen molar-refractivity contribution in [3.8, 4) is 5.75 Å². The number of benzene rings is 1. The normalized spacial score (nSPS) is 24.6. The molecule has 5 aliphatic rings. The molecule has 14 heteroatoms. The van der Waals surface area contributed by atoms with Crippen molar-refractivity contribution < 1.29 is 44.5 Å². The predicted octanol–water partition coefficient (Wildman–Crippen LogP) is 1.56. The van der Waals surface area contributed by atoms with Gasteiger partial charge in [-0.05, 0) is 51.5 Å². The molecule has 6 heterocycles. The fourth-order valence-corrected chi connectivity index (χ4v) is 7.28. The second-order valence-electron chi connectivity index (χ2n) is 13.8. The number of aliphatic hydroxyl groups excluding tert-OH is 4. The summed E-state index contributed by atoms with van der Waals surface area (Å²) in [6, 6.07) is 3.13. The lowest BCUT2D eigenvalue weighted by Gasteiger charge is -2.42. The van der Waals surface area contributed by atoms with Gasteiger partial charge in [0.05, 0.1) is 41.7 Å². The summed E-state index contributed by atoms with van der Waals surface area (Å²) in [4.78, 5) is 37.2. The lowest BCUT2D eigenvalue weighted by molar-refractivity contribution is -0.363. The van der Waals surface area contributed by atoms with Crippen LogP contribution in [0.2, 0.25) is 0 Å². The monoisotopic (exact) mass is 690 g/mol. The van der Waals surface area contributed by atoms with E-state index in [1.165, 1.54) is 6.07 Å². The zero-order valence-electron chi connectivity index (χ0n) is 28.3. The summed E-state index contributed by atoms with van der Waals surface area (Å²) >= 11 is 0. The first-order chi connectivity index (χ1) is 23.9. The van der Waals surface area contributed by atoms with Gasteiger partial charge in [-0.1, -0.05) is 6.92 Å². The molecule has 50 heavy (non-hydrogen) atoms. The van der Waals surface area contributed by atoms with Gasteiger partial charge in [-0.2, -0.15) is 0 Å². The highest BCUT2D eigenvalue weighted by Crippen LogP contribution is 2.49. The number of hydrogen-bond donors (Lipinski definition) is 5. The minimum Gasteiger partial charge on any atom is -0.482 e.